The van der Waals surface area contributed by atoms with Gasteiger partial charge in [-0.2, -0.15) is 0 Å². The summed E-state index contributed by atoms with van der Waals surface area (Å²) in [7, 11) is 3.16. The van der Waals surface area contributed by atoms with Gasteiger partial charge in [0, 0.05) is 37.2 Å². The third-order valence-corrected chi connectivity index (χ3v) is 2.80. The predicted molar refractivity (Wildman–Crippen MR) is 64.5 cm³/mol. The molecule has 2 N–H and O–H groups in total. The van der Waals surface area contributed by atoms with E-state index in [4.69, 9.17) is 15.2 Å². The summed E-state index contributed by atoms with van der Waals surface area (Å²) in [5.41, 5.74) is 6.53. The molecule has 5 nitrogen and oxygen atoms in total. The van der Waals surface area contributed by atoms with E-state index in [-0.39, 0.29) is 11.9 Å². The number of nitrogens with zero attached hydrogens (tertiary/aromatic N) is 1. The van der Waals surface area contributed by atoms with Gasteiger partial charge in [0.05, 0.1) is 19.9 Å². The third-order valence-electron chi connectivity index (χ3n) is 2.80. The normalized spacial score (nSPS) is 19.6. The number of hydrogen-bond acceptors (Lipinski definition) is 4. The van der Waals surface area contributed by atoms with Gasteiger partial charge < -0.3 is 20.1 Å². The largest absolute Gasteiger partial charge is 0.497 e. The van der Waals surface area contributed by atoms with Crippen molar-refractivity contribution in [2.24, 2.45) is 5.73 Å². The number of carbonyl (C=O) groups excluding carboxylic acids is 1. The molecule has 1 aliphatic heterocycles. The van der Waals surface area contributed by atoms with Gasteiger partial charge in [0.2, 0.25) is 5.91 Å². The molecular weight excluding hydrogens is 220 g/mol. The zero-order valence-electron chi connectivity index (χ0n) is 9.97. The van der Waals surface area contributed by atoms with Crippen molar-refractivity contribution < 1.29 is 14.3 Å². The van der Waals surface area contributed by atoms with E-state index in [9.17, 15) is 4.79 Å². The standard InChI is InChI=1S/C12H16N2O3/c1-16-10-4-9(5-11(6-10)17-2)14-7-8(13)3-12(14)15/h4-6,8H,3,7,13H2,1-2H3. The van der Waals surface area contributed by atoms with E-state index in [1.54, 1.807) is 37.3 Å². The molecule has 1 aromatic rings. The molecule has 0 radical (unpaired) electrons. The smallest absolute Gasteiger partial charge is 0.228 e. The number of ether oxygens (including phenoxy) is 2. The van der Waals surface area contributed by atoms with Crippen molar-refractivity contribution in [3.05, 3.63) is 18.2 Å². The van der Waals surface area contributed by atoms with E-state index in [1.165, 1.54) is 0 Å². The predicted octanol–water partition coefficient (Wildman–Crippen LogP) is 0.768. The number of hydrogen-bond donors (Lipinski definition) is 1. The van der Waals surface area contributed by atoms with E-state index in [2.05, 4.69) is 0 Å². The van der Waals surface area contributed by atoms with E-state index in [0.29, 0.717) is 24.5 Å². The summed E-state index contributed by atoms with van der Waals surface area (Å²) in [4.78, 5) is 13.4. The Kier molecular flexibility index (Phi) is 3.19. The molecule has 1 aliphatic rings. The molecule has 1 fully saturated rings. The highest BCUT2D eigenvalue weighted by molar-refractivity contribution is 5.96. The summed E-state index contributed by atoms with van der Waals surface area (Å²) < 4.78 is 10.3. The third kappa shape index (κ3) is 2.34. The van der Waals surface area contributed by atoms with Crippen molar-refractivity contribution >= 4 is 11.6 Å². The monoisotopic (exact) mass is 236 g/mol. The number of anilines is 1. The molecule has 5 heteroatoms. The van der Waals surface area contributed by atoms with Crippen LogP contribution in [0.5, 0.6) is 11.5 Å². The van der Waals surface area contributed by atoms with Gasteiger partial charge in [-0.25, -0.2) is 0 Å². The number of carbonyl (C=O) groups is 1. The Balaban J connectivity index is 2.34. The Bertz CT molecular complexity index is 412. The van der Waals surface area contributed by atoms with Crippen LogP contribution in [0.15, 0.2) is 18.2 Å². The van der Waals surface area contributed by atoms with Crippen molar-refractivity contribution in [2.45, 2.75) is 12.5 Å². The Morgan fingerprint density at radius 3 is 2.24 bits per heavy atom. The second-order valence-electron chi connectivity index (χ2n) is 4.04. The van der Waals surface area contributed by atoms with Crippen molar-refractivity contribution in [3.63, 3.8) is 0 Å². The van der Waals surface area contributed by atoms with Crippen LogP contribution in [-0.4, -0.2) is 32.7 Å². The fourth-order valence-corrected chi connectivity index (χ4v) is 1.93. The lowest BCUT2D eigenvalue weighted by molar-refractivity contribution is -0.117. The minimum Gasteiger partial charge on any atom is -0.497 e. The number of benzene rings is 1. The van der Waals surface area contributed by atoms with Crippen LogP contribution >= 0.6 is 0 Å². The molecule has 2 rings (SSSR count). The molecule has 92 valence electrons. The average Bonchev–Trinajstić information content (AvgIpc) is 2.67. The molecule has 0 saturated carbocycles. The summed E-state index contributed by atoms with van der Waals surface area (Å²) in [5.74, 6) is 1.35. The summed E-state index contributed by atoms with van der Waals surface area (Å²) in [6.07, 6.45) is 0.388. The van der Waals surface area contributed by atoms with Gasteiger partial charge >= 0.3 is 0 Å². The minimum atomic E-state index is -0.0975. The first kappa shape index (κ1) is 11.7. The molecule has 1 saturated heterocycles. The van der Waals surface area contributed by atoms with Crippen LogP contribution in [-0.2, 0) is 4.79 Å². The molecular formula is C12H16N2O3. The highest BCUT2D eigenvalue weighted by atomic mass is 16.5. The number of nitrogens with two attached hydrogens (primary N) is 1. The maximum Gasteiger partial charge on any atom is 0.228 e. The summed E-state index contributed by atoms with van der Waals surface area (Å²) >= 11 is 0. The van der Waals surface area contributed by atoms with Crippen LogP contribution in [0.1, 0.15) is 6.42 Å². The van der Waals surface area contributed by atoms with Crippen molar-refractivity contribution in [1.82, 2.24) is 0 Å². The van der Waals surface area contributed by atoms with E-state index < -0.39 is 0 Å². The van der Waals surface area contributed by atoms with Crippen LogP contribution in [0, 0.1) is 0 Å². The lowest BCUT2D eigenvalue weighted by atomic mass is 10.2. The molecule has 1 unspecified atom stereocenters. The van der Waals surface area contributed by atoms with Gasteiger partial charge in [0.15, 0.2) is 0 Å². The Hall–Kier alpha value is -1.75. The van der Waals surface area contributed by atoms with Crippen molar-refractivity contribution in [3.8, 4) is 11.5 Å². The molecule has 1 atom stereocenters. The van der Waals surface area contributed by atoms with Crippen LogP contribution in [0.25, 0.3) is 0 Å². The summed E-state index contributed by atoms with van der Waals surface area (Å²) in [6, 6.07) is 5.28. The second-order valence-corrected chi connectivity index (χ2v) is 4.04. The first-order chi connectivity index (χ1) is 8.13. The first-order valence-electron chi connectivity index (χ1n) is 5.43. The highest BCUT2D eigenvalue weighted by Crippen LogP contribution is 2.30. The van der Waals surface area contributed by atoms with E-state index >= 15 is 0 Å². The summed E-state index contributed by atoms with van der Waals surface area (Å²) in [6.45, 7) is 0.537. The van der Waals surface area contributed by atoms with Gasteiger partial charge in [0.1, 0.15) is 11.5 Å². The van der Waals surface area contributed by atoms with Gasteiger partial charge in [-0.1, -0.05) is 0 Å². The minimum absolute atomic E-state index is 0.0350. The zero-order valence-corrected chi connectivity index (χ0v) is 9.97. The quantitative estimate of drug-likeness (QED) is 0.841. The van der Waals surface area contributed by atoms with E-state index in [1.807, 2.05) is 0 Å². The fraction of sp³-hybridized carbons (Fsp3) is 0.417. The van der Waals surface area contributed by atoms with Crippen LogP contribution < -0.4 is 20.1 Å². The van der Waals surface area contributed by atoms with Crippen LogP contribution in [0.2, 0.25) is 0 Å². The topological polar surface area (TPSA) is 64.8 Å². The lowest BCUT2D eigenvalue weighted by Crippen LogP contribution is -2.27. The molecule has 0 aliphatic carbocycles. The molecule has 1 amide bonds. The maximum absolute atomic E-state index is 11.7. The maximum atomic E-state index is 11.7. The molecule has 1 aromatic carbocycles. The number of rotatable bonds is 3. The van der Waals surface area contributed by atoms with Gasteiger partial charge in [-0.3, -0.25) is 4.79 Å². The summed E-state index contributed by atoms with van der Waals surface area (Å²) in [5, 5.41) is 0. The molecule has 0 aromatic heterocycles. The van der Waals surface area contributed by atoms with Crippen molar-refractivity contribution in [1.29, 1.82) is 0 Å². The number of methoxy groups -OCH3 is 2. The van der Waals surface area contributed by atoms with E-state index in [0.717, 1.165) is 5.69 Å². The Morgan fingerprint density at radius 2 is 1.82 bits per heavy atom. The fourth-order valence-electron chi connectivity index (χ4n) is 1.93. The van der Waals surface area contributed by atoms with Gasteiger partial charge in [0.25, 0.3) is 0 Å². The highest BCUT2D eigenvalue weighted by Gasteiger charge is 2.28. The average molecular weight is 236 g/mol. The molecule has 17 heavy (non-hydrogen) atoms. The molecule has 0 bridgehead atoms. The van der Waals surface area contributed by atoms with Crippen LogP contribution in [0.4, 0.5) is 5.69 Å². The zero-order chi connectivity index (χ0) is 12.4. The lowest BCUT2D eigenvalue weighted by Gasteiger charge is -2.18. The molecule has 0 spiro atoms. The molecule has 1 heterocycles. The second kappa shape index (κ2) is 4.63. The van der Waals surface area contributed by atoms with Crippen LogP contribution in [0.3, 0.4) is 0 Å². The van der Waals surface area contributed by atoms with Crippen molar-refractivity contribution in [2.75, 3.05) is 25.7 Å². The SMILES string of the molecule is COc1cc(OC)cc(N2CC(N)CC2=O)c1. The Labute approximate surface area is 100 Å². The Morgan fingerprint density at radius 1 is 1.24 bits per heavy atom. The first-order valence-corrected chi connectivity index (χ1v) is 5.43. The van der Waals surface area contributed by atoms with Gasteiger partial charge in [-0.15, -0.1) is 0 Å². The number of amides is 1. The van der Waals surface area contributed by atoms with Gasteiger partial charge in [-0.05, 0) is 0 Å².